The Kier molecular flexibility index (Phi) is 2.96. The van der Waals surface area contributed by atoms with Gasteiger partial charge in [-0.15, -0.1) is 0 Å². The highest BCUT2D eigenvalue weighted by molar-refractivity contribution is 8.13. The molecule has 3 heteroatoms. The summed E-state index contributed by atoms with van der Waals surface area (Å²) >= 11 is 1.30. The molecule has 0 spiro atoms. The van der Waals surface area contributed by atoms with Crippen LogP contribution in [0.1, 0.15) is 20.8 Å². The van der Waals surface area contributed by atoms with Crippen molar-refractivity contribution >= 4 is 16.9 Å². The molecular formula is C8H14O2S. The molecule has 1 aliphatic heterocycles. The van der Waals surface area contributed by atoms with Crippen molar-refractivity contribution in [2.45, 2.75) is 26.9 Å². The van der Waals surface area contributed by atoms with Gasteiger partial charge in [-0.05, 0) is 12.8 Å². The van der Waals surface area contributed by atoms with E-state index in [0.717, 1.165) is 0 Å². The second-order valence-corrected chi connectivity index (χ2v) is 4.15. The fraction of sp³-hybridized carbons (Fsp3) is 0.875. The van der Waals surface area contributed by atoms with Crippen molar-refractivity contribution in [3.05, 3.63) is 0 Å². The van der Waals surface area contributed by atoms with Gasteiger partial charge in [-0.1, -0.05) is 25.6 Å². The molecule has 0 aromatic carbocycles. The summed E-state index contributed by atoms with van der Waals surface area (Å²) in [7, 11) is 0. The number of rotatable bonds is 1. The van der Waals surface area contributed by atoms with Crippen LogP contribution in [-0.2, 0) is 9.53 Å². The van der Waals surface area contributed by atoms with Crippen LogP contribution < -0.4 is 0 Å². The number of carbonyl (C=O) groups is 1. The number of carbonyl (C=O) groups excluding carboxylic acids is 1. The van der Waals surface area contributed by atoms with Crippen LogP contribution in [0.5, 0.6) is 0 Å². The minimum atomic E-state index is 0.0914. The van der Waals surface area contributed by atoms with Crippen LogP contribution >= 0.6 is 11.8 Å². The molecule has 1 aliphatic rings. The fourth-order valence-corrected chi connectivity index (χ4v) is 2.46. The van der Waals surface area contributed by atoms with Crippen molar-refractivity contribution in [1.82, 2.24) is 0 Å². The molecule has 0 aliphatic carbocycles. The minimum Gasteiger partial charge on any atom is -0.367 e. The Hall–Kier alpha value is -0.0200. The van der Waals surface area contributed by atoms with E-state index < -0.39 is 0 Å². The van der Waals surface area contributed by atoms with E-state index in [9.17, 15) is 4.79 Å². The molecule has 1 fully saturated rings. The van der Waals surface area contributed by atoms with Gasteiger partial charge in [-0.25, -0.2) is 0 Å². The summed E-state index contributed by atoms with van der Waals surface area (Å²) in [5.74, 6) is 1.02. The van der Waals surface area contributed by atoms with E-state index in [1.54, 1.807) is 0 Å². The van der Waals surface area contributed by atoms with Crippen molar-refractivity contribution in [2.75, 3.05) is 5.94 Å². The summed E-state index contributed by atoms with van der Waals surface area (Å²) in [4.78, 5) is 11.3. The van der Waals surface area contributed by atoms with Crippen molar-refractivity contribution in [3.63, 3.8) is 0 Å². The third kappa shape index (κ3) is 1.97. The third-order valence-corrected chi connectivity index (χ3v) is 2.84. The topological polar surface area (TPSA) is 26.3 Å². The van der Waals surface area contributed by atoms with Crippen LogP contribution in [0.15, 0.2) is 0 Å². The number of hydrogen-bond acceptors (Lipinski definition) is 3. The Labute approximate surface area is 71.7 Å². The maximum Gasteiger partial charge on any atom is 0.197 e. The zero-order chi connectivity index (χ0) is 8.43. The number of hydrogen-bond donors (Lipinski definition) is 0. The highest BCUT2D eigenvalue weighted by atomic mass is 32.2. The number of ether oxygens (including phenoxy) is 1. The van der Waals surface area contributed by atoms with Gasteiger partial charge in [-0.3, -0.25) is 4.79 Å². The van der Waals surface area contributed by atoms with E-state index in [4.69, 9.17) is 4.74 Å². The lowest BCUT2D eigenvalue weighted by Crippen LogP contribution is -2.35. The molecule has 0 aromatic heterocycles. The molecule has 1 rings (SSSR count). The molecule has 11 heavy (non-hydrogen) atoms. The molecule has 0 radical (unpaired) electrons. The second kappa shape index (κ2) is 3.59. The van der Waals surface area contributed by atoms with Gasteiger partial charge < -0.3 is 4.74 Å². The van der Waals surface area contributed by atoms with Gasteiger partial charge in [0.05, 0.1) is 18.0 Å². The van der Waals surface area contributed by atoms with E-state index in [1.165, 1.54) is 11.8 Å². The maximum atomic E-state index is 11.3. The van der Waals surface area contributed by atoms with Crippen molar-refractivity contribution in [1.29, 1.82) is 0 Å². The smallest absolute Gasteiger partial charge is 0.197 e. The molecule has 0 aromatic rings. The largest absolute Gasteiger partial charge is 0.367 e. The Morgan fingerprint density at radius 2 is 2.27 bits per heavy atom. The third-order valence-electron chi connectivity index (χ3n) is 2.03. The molecule has 2 atom stereocenters. The monoisotopic (exact) mass is 174 g/mol. The minimum absolute atomic E-state index is 0.0914. The van der Waals surface area contributed by atoms with Crippen LogP contribution in [0, 0.1) is 11.8 Å². The van der Waals surface area contributed by atoms with Gasteiger partial charge >= 0.3 is 0 Å². The van der Waals surface area contributed by atoms with Crippen LogP contribution in [0.4, 0.5) is 0 Å². The molecule has 64 valence electrons. The average Bonchev–Trinajstić information content (AvgIpc) is 1.85. The molecule has 0 bridgehead atoms. The van der Waals surface area contributed by atoms with Crippen molar-refractivity contribution < 1.29 is 9.53 Å². The van der Waals surface area contributed by atoms with Gasteiger partial charge in [0.2, 0.25) is 0 Å². The molecule has 0 amide bonds. The van der Waals surface area contributed by atoms with Gasteiger partial charge in [0.25, 0.3) is 0 Å². The lowest BCUT2D eigenvalue weighted by atomic mass is 9.92. The van der Waals surface area contributed by atoms with Gasteiger partial charge in [0.1, 0.15) is 0 Å². The Bertz CT molecular complexity index is 156. The Balaban J connectivity index is 2.63. The molecule has 2 nitrogen and oxygen atoms in total. The normalized spacial score (nSPS) is 32.9. The molecule has 0 unspecified atom stereocenters. The van der Waals surface area contributed by atoms with E-state index in [-0.39, 0.29) is 12.0 Å². The van der Waals surface area contributed by atoms with Crippen molar-refractivity contribution in [2.24, 2.45) is 11.8 Å². The van der Waals surface area contributed by atoms with E-state index in [2.05, 4.69) is 13.8 Å². The lowest BCUT2D eigenvalue weighted by Gasteiger charge is -2.29. The Morgan fingerprint density at radius 3 is 2.64 bits per heavy atom. The standard InChI is InChI=1S/C8H14O2S/c1-5(2)7-6(3)10-4-11-8(7)9/h5-7H,4H2,1-3H3/t6-,7+/m1/s1. The maximum absolute atomic E-state index is 11.3. The van der Waals surface area contributed by atoms with Gasteiger partial charge in [-0.2, -0.15) is 0 Å². The highest BCUT2D eigenvalue weighted by Gasteiger charge is 2.32. The SMILES string of the molecule is CC(C)[C@@H]1C(=O)SCO[C@@H]1C. The zero-order valence-electron chi connectivity index (χ0n) is 7.16. The van der Waals surface area contributed by atoms with Gasteiger partial charge in [0, 0.05) is 0 Å². The molecule has 0 N–H and O–H groups in total. The van der Waals surface area contributed by atoms with Crippen LogP contribution in [0.25, 0.3) is 0 Å². The lowest BCUT2D eigenvalue weighted by molar-refractivity contribution is -0.122. The second-order valence-electron chi connectivity index (χ2n) is 3.22. The van der Waals surface area contributed by atoms with Crippen molar-refractivity contribution in [3.8, 4) is 0 Å². The fourth-order valence-electron chi connectivity index (χ4n) is 1.41. The summed E-state index contributed by atoms with van der Waals surface area (Å²) in [6.45, 7) is 6.10. The van der Waals surface area contributed by atoms with Crippen LogP contribution in [0.3, 0.4) is 0 Å². The average molecular weight is 174 g/mol. The van der Waals surface area contributed by atoms with E-state index in [1.807, 2.05) is 6.92 Å². The number of thioether (sulfide) groups is 1. The molecular weight excluding hydrogens is 160 g/mol. The quantitative estimate of drug-likeness (QED) is 0.607. The van der Waals surface area contributed by atoms with Crippen LogP contribution in [-0.4, -0.2) is 17.2 Å². The molecule has 0 saturated carbocycles. The predicted octanol–water partition coefficient (Wildman–Crippen LogP) is 1.89. The summed E-state index contributed by atoms with van der Waals surface area (Å²) < 4.78 is 5.36. The summed E-state index contributed by atoms with van der Waals surface area (Å²) in [5, 5.41) is 0.291. The molecule has 1 heterocycles. The van der Waals surface area contributed by atoms with E-state index >= 15 is 0 Å². The Morgan fingerprint density at radius 1 is 1.64 bits per heavy atom. The first-order valence-electron chi connectivity index (χ1n) is 3.91. The molecule has 1 saturated heterocycles. The first kappa shape index (κ1) is 9.07. The summed E-state index contributed by atoms with van der Waals surface area (Å²) in [6.07, 6.45) is 0.101. The van der Waals surface area contributed by atoms with Gasteiger partial charge in [0.15, 0.2) is 5.12 Å². The predicted molar refractivity (Wildman–Crippen MR) is 46.3 cm³/mol. The van der Waals surface area contributed by atoms with E-state index in [0.29, 0.717) is 17.0 Å². The summed E-state index contributed by atoms with van der Waals surface area (Å²) in [5.41, 5.74) is 0. The highest BCUT2D eigenvalue weighted by Crippen LogP contribution is 2.29. The zero-order valence-corrected chi connectivity index (χ0v) is 7.98. The first-order chi connectivity index (χ1) is 5.13. The summed E-state index contributed by atoms with van der Waals surface area (Å²) in [6, 6.07) is 0. The first-order valence-corrected chi connectivity index (χ1v) is 4.89. The van der Waals surface area contributed by atoms with Crippen LogP contribution in [0.2, 0.25) is 0 Å².